The van der Waals surface area contributed by atoms with Crippen LogP contribution in [0.25, 0.3) is 0 Å². The van der Waals surface area contributed by atoms with Crippen LogP contribution in [0.2, 0.25) is 0 Å². The molecule has 5 rings (SSSR count). The van der Waals surface area contributed by atoms with Crippen LogP contribution in [0.5, 0.6) is 0 Å². The van der Waals surface area contributed by atoms with Gasteiger partial charge in [-0.15, -0.1) is 0 Å². The minimum atomic E-state index is -4.94. The molecule has 0 aliphatic carbocycles. The molecular weight excluding hydrogens is 1440 g/mol. The van der Waals surface area contributed by atoms with Crippen LogP contribution < -0.4 is 53.6 Å². The van der Waals surface area contributed by atoms with Gasteiger partial charge in [0.1, 0.15) is 30.3 Å². The highest BCUT2D eigenvalue weighted by Crippen LogP contribution is 2.49. The highest BCUT2D eigenvalue weighted by atomic mass is 31.2. The standard InChI is InChI=1S/C74H110N13O21P/c1-14-44(6)65(86(11)73(100)63(42(2)3)84-72(99)64(43(4)5)85(9)10)56(104-12)37-61(92)87-32-21-26-55(87)66(105-13)45(7)68(95)79-46(8)67(49-24-19-16-20-25-49)108-109(102,103)107-41-48-27-29-50(30-28-48)80-59(90)40-78-70(97)53(34-47-22-17-15-18-23-47)82-60(91)39-76-58(89)38-77-71(98)54(36-62(93)94)83-69(96)51(75)35-57(88)81-52-31-33-106-74(52)101/h15-20,22-25,27-30,42-46,51-56,63-67H,14,21,26,31-41,75H2,1-13H3,(H,76,89)(H,77,98)(H,78,97)(H,79,95)(H,80,90)(H,81,88)(H,82,91)(H,83,96)(H,84,99)(H,93,94)(H,102,103)/t44-,45+,46+,51-,52-,53-,54-,55-,56+,63-,64-,65-,66+,67+/m0/s1. The monoisotopic (exact) mass is 1550 g/mol. The Balaban J connectivity index is 1.13. The van der Waals surface area contributed by atoms with Crippen molar-refractivity contribution in [2.24, 2.45) is 29.4 Å². The van der Waals surface area contributed by atoms with E-state index in [-0.39, 0.29) is 67.0 Å². The average Bonchev–Trinajstić information content (AvgIpc) is 1.79. The molecule has 35 heteroatoms. The summed E-state index contributed by atoms with van der Waals surface area (Å²) >= 11 is 0. The summed E-state index contributed by atoms with van der Waals surface area (Å²) in [4.78, 5) is 188. The summed E-state index contributed by atoms with van der Waals surface area (Å²) in [6.07, 6.45) is -2.55. The van der Waals surface area contributed by atoms with Crippen molar-refractivity contribution in [3.05, 3.63) is 102 Å². The van der Waals surface area contributed by atoms with Gasteiger partial charge in [0, 0.05) is 46.3 Å². The number of amides is 11. The first-order valence-corrected chi connectivity index (χ1v) is 37.9. The fraction of sp³-hybridized carbons (Fsp3) is 0.581. The van der Waals surface area contributed by atoms with E-state index in [9.17, 15) is 76.9 Å². The van der Waals surface area contributed by atoms with E-state index >= 15 is 0 Å². The third kappa shape index (κ3) is 28.3. The van der Waals surface area contributed by atoms with E-state index in [4.69, 9.17) is 29.0 Å². The van der Waals surface area contributed by atoms with E-state index in [2.05, 4.69) is 47.9 Å². The number of aliphatic carboxylic acids is 1. The van der Waals surface area contributed by atoms with Gasteiger partial charge >= 0.3 is 19.8 Å². The average molecular weight is 1550 g/mol. The Hall–Kier alpha value is -9.28. The maximum Gasteiger partial charge on any atom is 0.473 e. The molecule has 0 bridgehead atoms. The molecule has 602 valence electrons. The molecule has 3 aromatic carbocycles. The third-order valence-corrected chi connectivity index (χ3v) is 20.0. The number of hydrogen-bond acceptors (Lipinski definition) is 21. The Morgan fingerprint density at radius 1 is 0.670 bits per heavy atom. The summed E-state index contributed by atoms with van der Waals surface area (Å²) in [6, 6.07) is 14.0. The van der Waals surface area contributed by atoms with Crippen LogP contribution in [-0.4, -0.2) is 236 Å². The van der Waals surface area contributed by atoms with Crippen LogP contribution in [0, 0.1) is 23.7 Å². The van der Waals surface area contributed by atoms with Gasteiger partial charge in [-0.2, -0.15) is 0 Å². The molecule has 2 aliphatic heterocycles. The van der Waals surface area contributed by atoms with Crippen molar-refractivity contribution < 1.29 is 100 Å². The van der Waals surface area contributed by atoms with Crippen molar-refractivity contribution in [3.63, 3.8) is 0 Å². The van der Waals surface area contributed by atoms with Crippen molar-refractivity contribution >= 4 is 90.4 Å². The van der Waals surface area contributed by atoms with Crippen molar-refractivity contribution in [2.75, 3.05) is 73.5 Å². The Kier molecular flexibility index (Phi) is 36.3. The first kappa shape index (κ1) is 90.3. The molecule has 109 heavy (non-hydrogen) atoms. The lowest BCUT2D eigenvalue weighted by Crippen LogP contribution is -2.59. The number of carbonyl (C=O) groups is 13. The van der Waals surface area contributed by atoms with E-state index in [1.807, 2.05) is 60.5 Å². The van der Waals surface area contributed by atoms with Crippen LogP contribution in [0.4, 0.5) is 5.69 Å². The number of esters is 1. The third-order valence-electron chi connectivity index (χ3n) is 19.0. The molecule has 2 fully saturated rings. The number of cyclic esters (lactones) is 1. The summed E-state index contributed by atoms with van der Waals surface area (Å²) < 4.78 is 42.1. The van der Waals surface area contributed by atoms with Crippen molar-refractivity contribution in [3.8, 4) is 0 Å². The molecule has 2 aliphatic rings. The molecule has 1 unspecified atom stereocenters. The zero-order valence-electron chi connectivity index (χ0n) is 64.2. The number of carboxylic acid groups (broad SMARTS) is 1. The van der Waals surface area contributed by atoms with E-state index in [0.29, 0.717) is 42.5 Å². The Morgan fingerprint density at radius 3 is 1.85 bits per heavy atom. The zero-order valence-corrected chi connectivity index (χ0v) is 65.1. The largest absolute Gasteiger partial charge is 0.481 e. The Bertz CT molecular complexity index is 3630. The highest BCUT2D eigenvalue weighted by molar-refractivity contribution is 7.47. The molecule has 0 aromatic heterocycles. The highest BCUT2D eigenvalue weighted by Gasteiger charge is 2.45. The first-order chi connectivity index (χ1) is 51.5. The summed E-state index contributed by atoms with van der Waals surface area (Å²) in [6.45, 7) is 12.8. The smallest absolute Gasteiger partial charge is 0.473 e. The normalized spacial score (nSPS) is 18.1. The van der Waals surface area contributed by atoms with E-state index in [1.165, 1.54) is 38.5 Å². The van der Waals surface area contributed by atoms with Gasteiger partial charge in [0.2, 0.25) is 65.0 Å². The van der Waals surface area contributed by atoms with E-state index in [0.717, 1.165) is 0 Å². The van der Waals surface area contributed by atoms with E-state index in [1.54, 1.807) is 91.4 Å². The number of methoxy groups -OCH3 is 2. The molecule has 15 atom stereocenters. The molecule has 0 spiro atoms. The molecule has 11 amide bonds. The molecule has 0 saturated carbocycles. The number of nitrogens with two attached hydrogens (primary N) is 1. The number of likely N-dealkylation sites (N-methyl/N-ethyl adjacent to an activating group) is 2. The number of hydrogen-bond donors (Lipinski definition) is 12. The minimum absolute atomic E-state index is 0.0243. The number of nitrogens with one attached hydrogen (secondary N) is 9. The van der Waals surface area contributed by atoms with E-state index < -0.39 is 185 Å². The fourth-order valence-corrected chi connectivity index (χ4v) is 14.1. The number of benzene rings is 3. The summed E-state index contributed by atoms with van der Waals surface area (Å²) in [7, 11) is 3.34. The number of nitrogens with zero attached hydrogens (tertiary/aromatic N) is 3. The topological polar surface area (TPSA) is 470 Å². The molecule has 13 N–H and O–H groups in total. The lowest BCUT2D eigenvalue weighted by molar-refractivity contribution is -0.148. The first-order valence-electron chi connectivity index (χ1n) is 36.4. The lowest BCUT2D eigenvalue weighted by Gasteiger charge is -2.41. The maximum atomic E-state index is 14.6. The van der Waals surface area contributed by atoms with Gasteiger partial charge < -0.3 is 87.6 Å². The van der Waals surface area contributed by atoms with Crippen LogP contribution in [0.15, 0.2) is 84.9 Å². The molecule has 0 radical (unpaired) electrons. The predicted octanol–water partition coefficient (Wildman–Crippen LogP) is 1.34. The maximum absolute atomic E-state index is 14.6. The molecular formula is C74H110N13O21P. The second-order valence-corrected chi connectivity index (χ2v) is 29.7. The van der Waals surface area contributed by atoms with Crippen LogP contribution in [-0.2, 0) is 103 Å². The quantitative estimate of drug-likeness (QED) is 0.0281. The minimum Gasteiger partial charge on any atom is -0.481 e. The van der Waals surface area contributed by atoms with Crippen LogP contribution >= 0.6 is 7.82 Å². The van der Waals surface area contributed by atoms with Gasteiger partial charge in [-0.1, -0.05) is 128 Å². The fourth-order valence-electron chi connectivity index (χ4n) is 13.1. The second-order valence-electron chi connectivity index (χ2n) is 28.3. The van der Waals surface area contributed by atoms with Gasteiger partial charge in [-0.3, -0.25) is 71.5 Å². The number of phosphoric ester groups is 1. The van der Waals surface area contributed by atoms with Gasteiger partial charge in [0.25, 0.3) is 0 Å². The Morgan fingerprint density at radius 2 is 1.28 bits per heavy atom. The van der Waals surface area contributed by atoms with Crippen molar-refractivity contribution in [1.82, 2.24) is 57.2 Å². The molecule has 3 aromatic rings. The SMILES string of the molecule is CC[C@H](C)[C@@H]([C@@H](CC(=O)N1CCC[C@H]1[C@H](OC)[C@@H](C)C(=O)N[C@H](C)[C@@H](OP(=O)(O)OCc1ccc(NC(=O)CNC(=O)[C@H](Cc2ccccc2)NC(=O)CNC(=O)CNC(=O)[C@H](CC(=O)O)NC(=O)[C@@H](N)CC(=O)N[C@H]2CCOC2=O)cc1)c1ccccc1)OC)N(C)C(=O)[C@@H](NC(=O)[C@H](C(C)C)N(C)C)C(C)C. The van der Waals surface area contributed by atoms with Crippen molar-refractivity contribution in [2.45, 2.75) is 186 Å². The zero-order chi connectivity index (χ0) is 81.0. The predicted molar refractivity (Wildman–Crippen MR) is 398 cm³/mol. The van der Waals surface area contributed by atoms with Crippen LogP contribution in [0.3, 0.4) is 0 Å². The summed E-state index contributed by atoms with van der Waals surface area (Å²) in [5.74, 6) is -11.1. The van der Waals surface area contributed by atoms with Gasteiger partial charge in [-0.25, -0.2) is 9.36 Å². The van der Waals surface area contributed by atoms with Crippen LogP contribution in [0.1, 0.15) is 123 Å². The Labute approximate surface area is 635 Å². The summed E-state index contributed by atoms with van der Waals surface area (Å²) in [5.41, 5.74) is 7.48. The number of likely N-dealkylation sites (tertiary alicyclic amines) is 1. The second kappa shape index (κ2) is 43.8. The molecule has 2 heterocycles. The number of carbonyl (C=O) groups excluding carboxylic acids is 12. The number of anilines is 1. The molecule has 2 saturated heterocycles. The number of rotatable bonds is 44. The van der Waals surface area contributed by atoms with Gasteiger partial charge in [-0.05, 0) is 80.4 Å². The van der Waals surface area contributed by atoms with Gasteiger partial charge in [0.15, 0.2) is 0 Å². The molecule has 34 nitrogen and oxygen atoms in total. The number of carboxylic acids is 1. The summed E-state index contributed by atoms with van der Waals surface area (Å²) in [5, 5.41) is 31.9. The number of phosphoric acid groups is 1. The van der Waals surface area contributed by atoms with Crippen molar-refractivity contribution in [1.29, 1.82) is 0 Å². The van der Waals surface area contributed by atoms with Gasteiger partial charge in [0.05, 0.1) is 100 Å². The lowest BCUT2D eigenvalue weighted by atomic mass is 9.89. The number of ether oxygens (including phenoxy) is 3.